The second-order valence-electron chi connectivity index (χ2n) is 3.48. The third-order valence-electron chi connectivity index (χ3n) is 2.07. The fourth-order valence-electron chi connectivity index (χ4n) is 1.38. The Bertz CT molecular complexity index is 518. The average molecular weight is 271 g/mol. The van der Waals surface area contributed by atoms with Gasteiger partial charge in [0, 0.05) is 0 Å². The third-order valence-corrected chi connectivity index (χ3v) is 2.39. The highest BCUT2D eigenvalue weighted by Crippen LogP contribution is 2.16. The van der Waals surface area contributed by atoms with Crippen LogP contribution < -0.4 is 11.2 Å². The summed E-state index contributed by atoms with van der Waals surface area (Å²) in [6.45, 7) is 0.129. The van der Waals surface area contributed by atoms with E-state index in [9.17, 15) is 22.8 Å². The third kappa shape index (κ3) is 3.36. The minimum Gasteiger partial charge on any atom is -0.297 e. The van der Waals surface area contributed by atoms with E-state index in [1.54, 1.807) is 6.92 Å². The number of halogens is 4. The normalized spacial score (nSPS) is 11.8. The van der Waals surface area contributed by atoms with Crippen LogP contribution in [0.25, 0.3) is 0 Å². The summed E-state index contributed by atoms with van der Waals surface area (Å²) in [6.07, 6.45) is -3.88. The van der Waals surface area contributed by atoms with Crippen LogP contribution in [-0.4, -0.2) is 15.7 Å². The van der Waals surface area contributed by atoms with Crippen LogP contribution in [0, 0.1) is 0 Å². The summed E-state index contributed by atoms with van der Waals surface area (Å²) in [5.74, 6) is 0. The first-order valence-corrected chi connectivity index (χ1v) is 5.22. The predicted molar refractivity (Wildman–Crippen MR) is 56.4 cm³/mol. The fourth-order valence-corrected chi connectivity index (χ4v) is 1.63. The summed E-state index contributed by atoms with van der Waals surface area (Å²) in [7, 11) is 0. The van der Waals surface area contributed by atoms with Crippen molar-refractivity contribution in [3.8, 4) is 0 Å². The van der Waals surface area contributed by atoms with Crippen LogP contribution in [0.3, 0.4) is 0 Å². The zero-order chi connectivity index (χ0) is 13.2. The molecule has 0 radical (unpaired) electrons. The van der Waals surface area contributed by atoms with Gasteiger partial charge in [-0.05, 0) is 6.42 Å². The van der Waals surface area contributed by atoms with Gasteiger partial charge in [-0.15, -0.1) is 0 Å². The molecule has 0 saturated carbocycles. The van der Waals surface area contributed by atoms with Gasteiger partial charge in [-0.25, -0.2) is 4.79 Å². The Balaban J connectivity index is 3.36. The van der Waals surface area contributed by atoms with E-state index in [1.807, 2.05) is 4.98 Å². The zero-order valence-electron chi connectivity index (χ0n) is 8.90. The molecular formula is C9H10ClF3N2O2. The largest absolute Gasteiger partial charge is 0.406 e. The van der Waals surface area contributed by atoms with Crippen molar-refractivity contribution < 1.29 is 13.2 Å². The molecule has 0 amide bonds. The van der Waals surface area contributed by atoms with Crippen molar-refractivity contribution >= 4 is 11.6 Å². The van der Waals surface area contributed by atoms with Gasteiger partial charge in [0.15, 0.2) is 0 Å². The standard InChI is InChI=1S/C9H10ClF3N2O2/c1-2-3-5-6(10)14-8(17)15(7(5)16)4-9(11,12)13/h2-4H2,1H3,(H,14,17). The molecule has 0 aromatic carbocycles. The highest BCUT2D eigenvalue weighted by Gasteiger charge is 2.30. The lowest BCUT2D eigenvalue weighted by Crippen LogP contribution is -2.41. The summed E-state index contributed by atoms with van der Waals surface area (Å²) in [4.78, 5) is 24.9. The SMILES string of the molecule is CCCc1c(Cl)[nH]c(=O)n(CC(F)(F)F)c1=O. The van der Waals surface area contributed by atoms with E-state index in [0.717, 1.165) is 0 Å². The number of aromatic amines is 1. The molecule has 96 valence electrons. The summed E-state index contributed by atoms with van der Waals surface area (Å²) in [6, 6.07) is 0. The van der Waals surface area contributed by atoms with Crippen molar-refractivity contribution in [1.82, 2.24) is 9.55 Å². The van der Waals surface area contributed by atoms with Crippen LogP contribution in [0.5, 0.6) is 0 Å². The number of hydrogen-bond donors (Lipinski definition) is 1. The first-order valence-electron chi connectivity index (χ1n) is 4.84. The van der Waals surface area contributed by atoms with Crippen molar-refractivity contribution in [2.75, 3.05) is 0 Å². The quantitative estimate of drug-likeness (QED) is 0.850. The van der Waals surface area contributed by atoms with E-state index in [2.05, 4.69) is 0 Å². The van der Waals surface area contributed by atoms with E-state index in [0.29, 0.717) is 6.42 Å². The second kappa shape index (κ2) is 4.95. The van der Waals surface area contributed by atoms with Crippen LogP contribution in [-0.2, 0) is 13.0 Å². The van der Waals surface area contributed by atoms with Crippen LogP contribution in [0.15, 0.2) is 9.59 Å². The number of aromatic nitrogens is 2. The van der Waals surface area contributed by atoms with Crippen molar-refractivity contribution in [2.24, 2.45) is 0 Å². The van der Waals surface area contributed by atoms with Crippen molar-refractivity contribution in [2.45, 2.75) is 32.5 Å². The molecule has 0 spiro atoms. The molecule has 1 N–H and O–H groups in total. The van der Waals surface area contributed by atoms with E-state index < -0.39 is 24.0 Å². The van der Waals surface area contributed by atoms with Crippen molar-refractivity contribution in [3.05, 3.63) is 31.6 Å². The number of alkyl halides is 3. The number of hydrogen-bond acceptors (Lipinski definition) is 2. The molecule has 1 heterocycles. The molecule has 0 fully saturated rings. The van der Waals surface area contributed by atoms with E-state index in [4.69, 9.17) is 11.6 Å². The monoisotopic (exact) mass is 270 g/mol. The minimum absolute atomic E-state index is 0.00184. The molecule has 0 aliphatic heterocycles. The van der Waals surface area contributed by atoms with Crippen molar-refractivity contribution in [3.63, 3.8) is 0 Å². The molecular weight excluding hydrogens is 261 g/mol. The first kappa shape index (κ1) is 13.8. The van der Waals surface area contributed by atoms with Crippen LogP contribution in [0.2, 0.25) is 5.15 Å². The molecule has 0 bridgehead atoms. The summed E-state index contributed by atoms with van der Waals surface area (Å²) < 4.78 is 36.6. The number of nitrogens with zero attached hydrogens (tertiary/aromatic N) is 1. The molecule has 0 saturated heterocycles. The number of nitrogens with one attached hydrogen (secondary N) is 1. The Labute approximate surface area is 99.0 Å². The molecule has 8 heteroatoms. The molecule has 0 unspecified atom stereocenters. The Kier molecular flexibility index (Phi) is 4.03. The van der Waals surface area contributed by atoms with E-state index in [1.165, 1.54) is 0 Å². The predicted octanol–water partition coefficient (Wildman–Crippen LogP) is 1.70. The summed E-state index contributed by atoms with van der Waals surface area (Å²) in [5, 5.41) is -0.194. The van der Waals surface area contributed by atoms with Crippen molar-refractivity contribution in [1.29, 1.82) is 0 Å². The lowest BCUT2D eigenvalue weighted by Gasteiger charge is -2.10. The highest BCUT2D eigenvalue weighted by molar-refractivity contribution is 6.30. The maximum absolute atomic E-state index is 12.2. The van der Waals surface area contributed by atoms with Gasteiger partial charge in [0.2, 0.25) is 0 Å². The van der Waals surface area contributed by atoms with Gasteiger partial charge in [-0.3, -0.25) is 14.3 Å². The Morgan fingerprint density at radius 1 is 1.35 bits per heavy atom. The molecule has 1 aromatic heterocycles. The summed E-state index contributed by atoms with van der Waals surface area (Å²) >= 11 is 5.61. The van der Waals surface area contributed by atoms with E-state index in [-0.39, 0.29) is 21.7 Å². The highest BCUT2D eigenvalue weighted by atomic mass is 35.5. The van der Waals surface area contributed by atoms with Crippen LogP contribution >= 0.6 is 11.6 Å². The van der Waals surface area contributed by atoms with Gasteiger partial charge in [-0.1, -0.05) is 24.9 Å². The van der Waals surface area contributed by atoms with Crippen LogP contribution in [0.4, 0.5) is 13.2 Å². The molecule has 17 heavy (non-hydrogen) atoms. The fraction of sp³-hybridized carbons (Fsp3) is 0.556. The maximum atomic E-state index is 12.2. The molecule has 4 nitrogen and oxygen atoms in total. The van der Waals surface area contributed by atoms with Crippen LogP contribution in [0.1, 0.15) is 18.9 Å². The van der Waals surface area contributed by atoms with Gasteiger partial charge in [0.05, 0.1) is 5.56 Å². The molecule has 0 atom stereocenters. The number of H-pyrrole nitrogens is 1. The molecule has 1 rings (SSSR count). The lowest BCUT2D eigenvalue weighted by atomic mass is 10.2. The smallest absolute Gasteiger partial charge is 0.297 e. The van der Waals surface area contributed by atoms with Gasteiger partial charge < -0.3 is 0 Å². The average Bonchev–Trinajstić information content (AvgIpc) is 2.18. The summed E-state index contributed by atoms with van der Waals surface area (Å²) in [5.41, 5.74) is -2.15. The number of rotatable bonds is 3. The molecule has 1 aromatic rings. The Morgan fingerprint density at radius 2 is 1.94 bits per heavy atom. The first-order chi connectivity index (χ1) is 7.76. The Hall–Kier alpha value is -1.24. The van der Waals surface area contributed by atoms with Gasteiger partial charge >= 0.3 is 11.9 Å². The molecule has 0 aliphatic carbocycles. The lowest BCUT2D eigenvalue weighted by molar-refractivity contribution is -0.141. The second-order valence-corrected chi connectivity index (χ2v) is 3.86. The zero-order valence-corrected chi connectivity index (χ0v) is 9.65. The van der Waals surface area contributed by atoms with Gasteiger partial charge in [0.25, 0.3) is 5.56 Å². The maximum Gasteiger partial charge on any atom is 0.406 e. The Morgan fingerprint density at radius 3 is 2.41 bits per heavy atom. The topological polar surface area (TPSA) is 54.9 Å². The minimum atomic E-state index is -4.63. The molecule has 0 aliphatic rings. The van der Waals surface area contributed by atoms with Gasteiger partial charge in [0.1, 0.15) is 11.7 Å². The van der Waals surface area contributed by atoms with Gasteiger partial charge in [-0.2, -0.15) is 13.2 Å². The van der Waals surface area contributed by atoms with E-state index >= 15 is 0 Å².